The van der Waals surface area contributed by atoms with Gasteiger partial charge in [0.05, 0.1) is 0 Å². The second-order valence-corrected chi connectivity index (χ2v) is 6.54. The van der Waals surface area contributed by atoms with Gasteiger partial charge in [0.25, 0.3) is 0 Å². The first-order chi connectivity index (χ1) is 8.34. The first kappa shape index (κ1) is 16.0. The van der Waals surface area contributed by atoms with Crippen LogP contribution in [0, 0.1) is 18.1 Å². The number of aryl methyl sites for hydroxylation is 1. The molecule has 0 amide bonds. The molecule has 7 heteroatoms. The zero-order chi connectivity index (χ0) is 13.8. The molecule has 0 aromatic carbocycles. The predicted octanol–water partition coefficient (Wildman–Crippen LogP) is 4.83. The van der Waals surface area contributed by atoms with E-state index in [-0.39, 0.29) is 0 Å². The van der Waals surface area contributed by atoms with E-state index in [1.165, 1.54) is 15.1 Å². The van der Waals surface area contributed by atoms with Crippen molar-refractivity contribution in [3.63, 3.8) is 0 Å². The van der Waals surface area contributed by atoms with Crippen LogP contribution >= 0.6 is 41.9 Å². The lowest BCUT2D eigenvalue weighted by atomic mass is 10.2. The molecule has 0 aliphatic rings. The molecule has 98 valence electrons. The van der Waals surface area contributed by atoms with E-state index in [0.717, 1.165) is 24.2 Å². The fourth-order valence-corrected chi connectivity index (χ4v) is 2.45. The predicted molar refractivity (Wildman–Crippen MR) is 78.8 cm³/mol. The van der Waals surface area contributed by atoms with Gasteiger partial charge in [-0.05, 0) is 45.6 Å². The van der Waals surface area contributed by atoms with Gasteiger partial charge in [0.15, 0.2) is 0 Å². The number of nitrogens with zero attached hydrogens (tertiary/aromatic N) is 1. The number of rotatable bonds is 2. The Bertz CT molecular complexity index is 479. The Labute approximate surface area is 124 Å². The Morgan fingerprint density at radius 2 is 2.11 bits per heavy atom. The van der Waals surface area contributed by atoms with E-state index in [1.807, 2.05) is 21.2 Å². The normalized spacial score (nSPS) is 12.8. The summed E-state index contributed by atoms with van der Waals surface area (Å²) in [6.45, 7) is 2.93. The molecule has 1 unspecified atom stereocenters. The standard InChI is InChI=1S/C11H9F3INS2/c1-7-5-9(18-8(2)11(12,13)14)6-16-10(7)3-4-17-15/h5-6,8H,1-2H3. The van der Waals surface area contributed by atoms with Gasteiger partial charge >= 0.3 is 6.18 Å². The van der Waals surface area contributed by atoms with Crippen molar-refractivity contribution in [1.82, 2.24) is 4.98 Å². The van der Waals surface area contributed by atoms with Crippen LogP contribution in [0.3, 0.4) is 0 Å². The summed E-state index contributed by atoms with van der Waals surface area (Å²) in [6, 6.07) is 1.68. The van der Waals surface area contributed by atoms with Crippen LogP contribution in [0.5, 0.6) is 0 Å². The van der Waals surface area contributed by atoms with Crippen molar-refractivity contribution in [2.75, 3.05) is 0 Å². The molecule has 0 bridgehead atoms. The Balaban J connectivity index is 2.85. The second-order valence-electron chi connectivity index (χ2n) is 3.44. The molecule has 0 fully saturated rings. The summed E-state index contributed by atoms with van der Waals surface area (Å²) in [6.07, 6.45) is -2.77. The quantitative estimate of drug-likeness (QED) is 0.399. The number of alkyl halides is 3. The molecule has 0 aliphatic carbocycles. The average Bonchev–Trinajstić information content (AvgIpc) is 2.26. The van der Waals surface area contributed by atoms with Gasteiger partial charge in [0.2, 0.25) is 0 Å². The molecule has 0 saturated carbocycles. The third-order valence-electron chi connectivity index (χ3n) is 2.04. The summed E-state index contributed by atoms with van der Waals surface area (Å²) in [5, 5.41) is 1.35. The van der Waals surface area contributed by atoms with E-state index < -0.39 is 11.4 Å². The van der Waals surface area contributed by atoms with Gasteiger partial charge in [0, 0.05) is 32.3 Å². The van der Waals surface area contributed by atoms with Crippen LogP contribution in [0.15, 0.2) is 17.2 Å². The molecular formula is C11H9F3INS2. The summed E-state index contributed by atoms with van der Waals surface area (Å²) in [5.74, 6) is 2.84. The average molecular weight is 403 g/mol. The van der Waals surface area contributed by atoms with Crippen molar-refractivity contribution in [1.29, 1.82) is 0 Å². The number of aromatic nitrogens is 1. The molecule has 18 heavy (non-hydrogen) atoms. The zero-order valence-electron chi connectivity index (χ0n) is 9.51. The Kier molecular flexibility index (Phi) is 6.14. The lowest BCUT2D eigenvalue weighted by Crippen LogP contribution is -2.21. The van der Waals surface area contributed by atoms with Gasteiger partial charge < -0.3 is 0 Å². The first-order valence-electron chi connectivity index (χ1n) is 4.83. The first-order valence-corrected chi connectivity index (χ1v) is 9.07. The minimum Gasteiger partial charge on any atom is -0.246 e. The lowest BCUT2D eigenvalue weighted by Gasteiger charge is -2.15. The molecule has 1 rings (SSSR count). The fourth-order valence-electron chi connectivity index (χ4n) is 1.08. The smallest absolute Gasteiger partial charge is 0.246 e. The van der Waals surface area contributed by atoms with Gasteiger partial charge in [-0.1, -0.05) is 0 Å². The number of hydrogen-bond donors (Lipinski definition) is 0. The molecule has 1 nitrogen and oxygen atoms in total. The van der Waals surface area contributed by atoms with Crippen molar-refractivity contribution < 1.29 is 13.2 Å². The third kappa shape index (κ3) is 4.90. The summed E-state index contributed by atoms with van der Waals surface area (Å²) >= 11 is 2.80. The lowest BCUT2D eigenvalue weighted by molar-refractivity contribution is -0.125. The summed E-state index contributed by atoms with van der Waals surface area (Å²) in [7, 11) is 1.34. The molecule has 1 heterocycles. The zero-order valence-corrected chi connectivity index (χ0v) is 13.3. The highest BCUT2D eigenvalue weighted by atomic mass is 127. The molecule has 0 spiro atoms. The fraction of sp³-hybridized carbons (Fsp3) is 0.364. The largest absolute Gasteiger partial charge is 0.400 e. The maximum absolute atomic E-state index is 12.4. The minimum absolute atomic E-state index is 0.505. The SMILES string of the molecule is Cc1cc(SC(C)C(F)(F)F)cnc1C#CSI. The van der Waals surface area contributed by atoms with E-state index in [0.29, 0.717) is 10.6 Å². The third-order valence-corrected chi connectivity index (χ3v) is 3.99. The molecule has 1 aromatic rings. The van der Waals surface area contributed by atoms with E-state index in [1.54, 1.807) is 13.0 Å². The minimum atomic E-state index is -4.20. The number of hydrogen-bond acceptors (Lipinski definition) is 3. The van der Waals surface area contributed by atoms with Crippen LogP contribution in [-0.4, -0.2) is 16.4 Å². The Hall–Kier alpha value is -0.0700. The maximum atomic E-state index is 12.4. The monoisotopic (exact) mass is 403 g/mol. The van der Waals surface area contributed by atoms with E-state index in [4.69, 9.17) is 0 Å². The number of pyridine rings is 1. The van der Waals surface area contributed by atoms with Gasteiger partial charge in [-0.3, -0.25) is 0 Å². The van der Waals surface area contributed by atoms with Crippen molar-refractivity contribution in [3.05, 3.63) is 23.5 Å². The molecular weight excluding hydrogens is 394 g/mol. The highest BCUT2D eigenvalue weighted by Gasteiger charge is 2.36. The Morgan fingerprint density at radius 3 is 2.61 bits per heavy atom. The topological polar surface area (TPSA) is 12.9 Å². The molecule has 1 atom stereocenters. The van der Waals surface area contributed by atoms with Crippen LogP contribution in [0.1, 0.15) is 18.2 Å². The van der Waals surface area contributed by atoms with E-state index >= 15 is 0 Å². The number of halogens is 4. The second kappa shape index (κ2) is 6.91. The van der Waals surface area contributed by atoms with Gasteiger partial charge in [0.1, 0.15) is 10.9 Å². The Morgan fingerprint density at radius 1 is 1.44 bits per heavy atom. The van der Waals surface area contributed by atoms with Crippen LogP contribution in [-0.2, 0) is 0 Å². The summed E-state index contributed by atoms with van der Waals surface area (Å²) < 4.78 is 37.2. The number of thioether (sulfide) groups is 1. The molecule has 0 radical (unpaired) electrons. The van der Waals surface area contributed by atoms with Crippen LogP contribution in [0.4, 0.5) is 13.2 Å². The molecule has 0 N–H and O–H groups in total. The highest BCUT2D eigenvalue weighted by molar-refractivity contribution is 14.2. The van der Waals surface area contributed by atoms with Crippen LogP contribution < -0.4 is 0 Å². The van der Waals surface area contributed by atoms with Crippen molar-refractivity contribution in [3.8, 4) is 11.2 Å². The molecule has 1 aromatic heterocycles. The highest BCUT2D eigenvalue weighted by Crippen LogP contribution is 2.34. The van der Waals surface area contributed by atoms with E-state index in [9.17, 15) is 13.2 Å². The maximum Gasteiger partial charge on any atom is 0.400 e. The summed E-state index contributed by atoms with van der Waals surface area (Å²) in [5.41, 5.74) is 1.38. The molecule has 0 aliphatic heterocycles. The molecule has 0 saturated heterocycles. The van der Waals surface area contributed by atoms with Crippen LogP contribution in [0.25, 0.3) is 0 Å². The van der Waals surface area contributed by atoms with E-state index in [2.05, 4.69) is 16.2 Å². The van der Waals surface area contributed by atoms with Crippen molar-refractivity contribution in [2.24, 2.45) is 0 Å². The van der Waals surface area contributed by atoms with Crippen molar-refractivity contribution in [2.45, 2.75) is 30.2 Å². The summed E-state index contributed by atoms with van der Waals surface area (Å²) in [4.78, 5) is 4.58. The van der Waals surface area contributed by atoms with Gasteiger partial charge in [-0.25, -0.2) is 4.98 Å². The van der Waals surface area contributed by atoms with Gasteiger partial charge in [-0.15, -0.1) is 11.8 Å². The van der Waals surface area contributed by atoms with Crippen molar-refractivity contribution >= 4 is 41.9 Å². The van der Waals surface area contributed by atoms with Crippen LogP contribution in [0.2, 0.25) is 0 Å². The van der Waals surface area contributed by atoms with Gasteiger partial charge in [-0.2, -0.15) is 13.2 Å².